The number of hydrogen-bond acceptors (Lipinski definition) is 8. The molecule has 204 valence electrons. The smallest absolute Gasteiger partial charge is 0.316 e. The number of amides is 2. The molecule has 0 radical (unpaired) electrons. The van der Waals surface area contributed by atoms with Crippen LogP contribution in [-0.4, -0.2) is 70.4 Å². The summed E-state index contributed by atoms with van der Waals surface area (Å²) in [5, 5.41) is 14.2. The molecule has 1 saturated heterocycles. The summed E-state index contributed by atoms with van der Waals surface area (Å²) in [5.74, 6) is -1.15. The molecule has 12 heteroatoms. The summed E-state index contributed by atoms with van der Waals surface area (Å²) in [4.78, 5) is 36.3. The maximum absolute atomic E-state index is 14.6. The van der Waals surface area contributed by atoms with Crippen LogP contribution < -0.4 is 25.6 Å². The predicted octanol–water partition coefficient (Wildman–Crippen LogP) is 2.61. The maximum atomic E-state index is 14.6. The van der Waals surface area contributed by atoms with Crippen LogP contribution in [0.25, 0.3) is 21.8 Å². The number of piperazine rings is 1. The predicted molar refractivity (Wildman–Crippen MR) is 147 cm³/mol. The summed E-state index contributed by atoms with van der Waals surface area (Å²) in [6.45, 7) is 5.89. The van der Waals surface area contributed by atoms with Crippen molar-refractivity contribution in [1.29, 1.82) is 0 Å². The minimum Gasteiger partial charge on any atom is -0.463 e. The molecule has 11 nitrogen and oxygen atoms in total. The number of hydrogen-bond donors (Lipinski definition) is 3. The maximum Gasteiger partial charge on any atom is 0.316 e. The van der Waals surface area contributed by atoms with E-state index in [1.807, 2.05) is 6.07 Å². The number of carbonyl (C=O) groups is 2. The van der Waals surface area contributed by atoms with E-state index in [1.54, 1.807) is 38.6 Å². The van der Waals surface area contributed by atoms with Gasteiger partial charge in [-0.15, -0.1) is 0 Å². The fourth-order valence-electron chi connectivity index (χ4n) is 4.98. The number of benzene rings is 2. The molecule has 2 aromatic carbocycles. The van der Waals surface area contributed by atoms with Crippen molar-refractivity contribution in [2.24, 2.45) is 7.05 Å². The van der Waals surface area contributed by atoms with Gasteiger partial charge in [0.05, 0.1) is 17.5 Å². The molecular formula is C27H31FN8O3. The molecule has 3 heterocycles. The SMILES string of the molecule is CNC(=O)CCOc1ncc2c(N3CC(C)NC(C)C3)ccc(C(=O)Nc3cc(F)c4nn(C)cc4c3)c2n1. The van der Waals surface area contributed by atoms with E-state index < -0.39 is 11.7 Å². The van der Waals surface area contributed by atoms with E-state index in [4.69, 9.17) is 4.74 Å². The van der Waals surface area contributed by atoms with Crippen molar-refractivity contribution >= 4 is 45.0 Å². The highest BCUT2D eigenvalue weighted by atomic mass is 19.1. The Balaban J connectivity index is 1.51. The van der Waals surface area contributed by atoms with E-state index in [9.17, 15) is 14.0 Å². The van der Waals surface area contributed by atoms with Gasteiger partial charge in [0.25, 0.3) is 5.91 Å². The summed E-state index contributed by atoms with van der Waals surface area (Å²) in [6.07, 6.45) is 3.47. The minimum atomic E-state index is -0.528. The van der Waals surface area contributed by atoms with Crippen LogP contribution in [0.2, 0.25) is 0 Å². The molecule has 4 aromatic rings. The second-order valence-electron chi connectivity index (χ2n) is 9.85. The topological polar surface area (TPSA) is 126 Å². The van der Waals surface area contributed by atoms with E-state index in [0.717, 1.165) is 18.8 Å². The first-order chi connectivity index (χ1) is 18.7. The Labute approximate surface area is 224 Å². The van der Waals surface area contributed by atoms with Gasteiger partial charge in [0.1, 0.15) is 12.1 Å². The van der Waals surface area contributed by atoms with E-state index in [-0.39, 0.29) is 48.1 Å². The van der Waals surface area contributed by atoms with Gasteiger partial charge in [-0.25, -0.2) is 9.37 Å². The third-order valence-electron chi connectivity index (χ3n) is 6.62. The number of ether oxygens (including phenoxy) is 1. The van der Waals surface area contributed by atoms with Gasteiger partial charge in [0.15, 0.2) is 5.82 Å². The van der Waals surface area contributed by atoms with E-state index in [0.29, 0.717) is 22.0 Å². The highest BCUT2D eigenvalue weighted by Crippen LogP contribution is 2.31. The third-order valence-corrected chi connectivity index (χ3v) is 6.62. The average molecular weight is 535 g/mol. The van der Waals surface area contributed by atoms with Crippen molar-refractivity contribution in [1.82, 2.24) is 30.4 Å². The van der Waals surface area contributed by atoms with Crippen LogP contribution in [0.5, 0.6) is 6.01 Å². The van der Waals surface area contributed by atoms with Crippen LogP contribution in [0, 0.1) is 5.82 Å². The van der Waals surface area contributed by atoms with Gasteiger partial charge < -0.3 is 25.6 Å². The average Bonchev–Trinajstić information content (AvgIpc) is 3.27. The second-order valence-corrected chi connectivity index (χ2v) is 9.85. The number of nitrogens with one attached hydrogen (secondary N) is 3. The summed E-state index contributed by atoms with van der Waals surface area (Å²) in [7, 11) is 3.26. The molecule has 0 spiro atoms. The minimum absolute atomic E-state index is 0.0578. The zero-order valence-corrected chi connectivity index (χ0v) is 22.3. The third kappa shape index (κ3) is 5.60. The highest BCUT2D eigenvalue weighted by molar-refractivity contribution is 6.14. The van der Waals surface area contributed by atoms with Gasteiger partial charge in [0.2, 0.25) is 5.91 Å². The molecule has 5 rings (SSSR count). The van der Waals surface area contributed by atoms with Crippen molar-refractivity contribution in [3.63, 3.8) is 0 Å². The molecule has 2 aromatic heterocycles. The standard InChI is InChI=1S/C27H31FN8O3/c1-15-12-36(13-16(2)31-15)22-6-5-19(25-20(22)11-30-27(33-25)39-8-7-23(37)29-3)26(38)32-18-9-17-14-35(4)34-24(17)21(28)10-18/h5-6,9-11,14-16,31H,7-8,12-13H2,1-4H3,(H,29,37)(H,32,38). The number of anilines is 2. The van der Waals surface area contributed by atoms with Gasteiger partial charge in [-0.3, -0.25) is 14.3 Å². The fraction of sp³-hybridized carbons (Fsp3) is 0.370. The zero-order valence-electron chi connectivity index (χ0n) is 22.3. The number of aromatic nitrogens is 4. The van der Waals surface area contributed by atoms with Crippen molar-refractivity contribution in [3.05, 3.63) is 48.0 Å². The number of aryl methyl sites for hydroxylation is 1. The van der Waals surface area contributed by atoms with Crippen molar-refractivity contribution in [3.8, 4) is 6.01 Å². The summed E-state index contributed by atoms with van der Waals surface area (Å²) < 4.78 is 21.8. The zero-order chi connectivity index (χ0) is 27.7. The molecule has 2 amide bonds. The molecule has 0 aliphatic carbocycles. The molecule has 39 heavy (non-hydrogen) atoms. The van der Waals surface area contributed by atoms with Crippen LogP contribution in [-0.2, 0) is 11.8 Å². The quantitative estimate of drug-likeness (QED) is 0.330. The fourth-order valence-corrected chi connectivity index (χ4v) is 4.98. The first-order valence-corrected chi connectivity index (χ1v) is 12.8. The lowest BCUT2D eigenvalue weighted by Gasteiger charge is -2.38. The Morgan fingerprint density at radius 2 is 1.95 bits per heavy atom. The number of halogens is 1. The number of nitrogens with zero attached hydrogens (tertiary/aromatic N) is 5. The molecule has 2 unspecified atom stereocenters. The van der Waals surface area contributed by atoms with Crippen LogP contribution >= 0.6 is 0 Å². The van der Waals surface area contributed by atoms with Crippen LogP contribution in [0.15, 0.2) is 36.7 Å². The number of fused-ring (bicyclic) bond motifs is 2. The van der Waals surface area contributed by atoms with E-state index in [2.05, 4.69) is 49.8 Å². The molecular weight excluding hydrogens is 503 g/mol. The Morgan fingerprint density at radius 1 is 1.18 bits per heavy atom. The Kier molecular flexibility index (Phi) is 7.29. The Morgan fingerprint density at radius 3 is 2.69 bits per heavy atom. The lowest BCUT2D eigenvalue weighted by molar-refractivity contribution is -0.121. The summed E-state index contributed by atoms with van der Waals surface area (Å²) in [6, 6.07) is 7.13. The van der Waals surface area contributed by atoms with E-state index >= 15 is 0 Å². The monoisotopic (exact) mass is 534 g/mol. The van der Waals surface area contributed by atoms with Gasteiger partial charge in [-0.05, 0) is 38.1 Å². The first-order valence-electron chi connectivity index (χ1n) is 12.8. The first kappa shape index (κ1) is 26.3. The Bertz CT molecular complexity index is 1550. The molecule has 0 bridgehead atoms. The summed E-state index contributed by atoms with van der Waals surface area (Å²) in [5.41, 5.74) is 2.13. The molecule has 2 atom stereocenters. The van der Waals surface area contributed by atoms with Gasteiger partial charge in [-0.1, -0.05) is 0 Å². The van der Waals surface area contributed by atoms with Crippen LogP contribution in [0.3, 0.4) is 0 Å². The van der Waals surface area contributed by atoms with Crippen LogP contribution in [0.4, 0.5) is 15.8 Å². The molecule has 1 aliphatic rings. The van der Waals surface area contributed by atoms with E-state index in [1.165, 1.54) is 10.7 Å². The van der Waals surface area contributed by atoms with Crippen molar-refractivity contribution in [2.75, 3.05) is 37.0 Å². The van der Waals surface area contributed by atoms with Gasteiger partial charge >= 0.3 is 6.01 Å². The molecule has 3 N–H and O–H groups in total. The molecule has 0 saturated carbocycles. The molecule has 1 aliphatic heterocycles. The van der Waals surface area contributed by atoms with Gasteiger partial charge in [-0.2, -0.15) is 10.1 Å². The summed E-state index contributed by atoms with van der Waals surface area (Å²) >= 11 is 0. The number of carbonyl (C=O) groups excluding carboxylic acids is 2. The second kappa shape index (κ2) is 10.8. The van der Waals surface area contributed by atoms with Crippen molar-refractivity contribution in [2.45, 2.75) is 32.4 Å². The van der Waals surface area contributed by atoms with Gasteiger partial charge in [0, 0.05) is 73.8 Å². The lowest BCUT2D eigenvalue weighted by Crippen LogP contribution is -2.54. The Hall–Kier alpha value is -4.32. The van der Waals surface area contributed by atoms with Crippen LogP contribution in [0.1, 0.15) is 30.6 Å². The number of rotatable bonds is 7. The lowest BCUT2D eigenvalue weighted by atomic mass is 10.0. The molecule has 1 fully saturated rings. The highest BCUT2D eigenvalue weighted by Gasteiger charge is 2.25. The largest absolute Gasteiger partial charge is 0.463 e. The van der Waals surface area contributed by atoms with Crippen molar-refractivity contribution < 1.29 is 18.7 Å². The normalized spacial score (nSPS) is 17.4.